The van der Waals surface area contributed by atoms with Gasteiger partial charge in [0.15, 0.2) is 0 Å². The third-order valence-electron chi connectivity index (χ3n) is 13.4. The Morgan fingerprint density at radius 1 is 0.774 bits per heavy atom. The van der Waals surface area contributed by atoms with Gasteiger partial charge in [0.25, 0.3) is 0 Å². The van der Waals surface area contributed by atoms with Gasteiger partial charge in [0.05, 0.1) is 6.10 Å². The van der Waals surface area contributed by atoms with Gasteiger partial charge >= 0.3 is 0 Å². The lowest BCUT2D eigenvalue weighted by molar-refractivity contribution is -0.246. The van der Waals surface area contributed by atoms with Crippen LogP contribution in [0.3, 0.4) is 0 Å². The Bertz CT molecular complexity index is 779. The summed E-state index contributed by atoms with van der Waals surface area (Å²) >= 11 is 0. The Balaban J connectivity index is 1.56. The maximum atomic E-state index is 11.2. The van der Waals surface area contributed by atoms with E-state index in [1.807, 2.05) is 0 Å². The van der Waals surface area contributed by atoms with Crippen LogP contribution in [0.4, 0.5) is 0 Å². The van der Waals surface area contributed by atoms with Crippen molar-refractivity contribution < 1.29 is 5.11 Å². The Hall–Kier alpha value is -0.300. The van der Waals surface area contributed by atoms with E-state index in [0.717, 1.165) is 17.8 Å². The summed E-state index contributed by atoms with van der Waals surface area (Å²) in [5.74, 6) is 3.79. The molecule has 0 bridgehead atoms. The summed E-state index contributed by atoms with van der Waals surface area (Å²) in [7, 11) is 0. The second-order valence-electron chi connectivity index (χ2n) is 14.7. The van der Waals surface area contributed by atoms with E-state index >= 15 is 0 Å². The van der Waals surface area contributed by atoms with E-state index < -0.39 is 0 Å². The number of hydrogen-bond donors (Lipinski definition) is 1. The molecule has 0 spiro atoms. The molecule has 4 fully saturated rings. The van der Waals surface area contributed by atoms with Gasteiger partial charge < -0.3 is 5.11 Å². The van der Waals surface area contributed by atoms with Crippen LogP contribution in [0, 0.1) is 56.7 Å². The van der Waals surface area contributed by atoms with Gasteiger partial charge in [-0.3, -0.25) is 0 Å². The fourth-order valence-electron chi connectivity index (χ4n) is 11.4. The number of allylic oxidation sites excluding steroid dienone is 1. The molecule has 0 aromatic heterocycles. The highest BCUT2D eigenvalue weighted by Gasteiger charge is 2.69. The average Bonchev–Trinajstić information content (AvgIpc) is 2.67. The van der Waals surface area contributed by atoms with Crippen molar-refractivity contribution in [1.29, 1.82) is 0 Å². The average molecular weight is 427 g/mol. The van der Waals surface area contributed by atoms with Crippen molar-refractivity contribution in [2.24, 2.45) is 56.7 Å². The summed E-state index contributed by atoms with van der Waals surface area (Å²) in [6, 6.07) is 0. The van der Waals surface area contributed by atoms with Crippen molar-refractivity contribution in [2.75, 3.05) is 0 Å². The highest BCUT2D eigenvalue weighted by Crippen LogP contribution is 2.76. The summed E-state index contributed by atoms with van der Waals surface area (Å²) in [6.07, 6.45) is 14.5. The molecule has 0 unspecified atom stereocenters. The van der Waals surface area contributed by atoms with Gasteiger partial charge in [-0.25, -0.2) is 0 Å². The molecule has 0 heterocycles. The molecule has 5 rings (SSSR count). The van der Waals surface area contributed by atoms with E-state index in [0.29, 0.717) is 33.5 Å². The molecule has 0 amide bonds. The van der Waals surface area contributed by atoms with Gasteiger partial charge in [0.1, 0.15) is 0 Å². The predicted molar refractivity (Wildman–Crippen MR) is 131 cm³/mol. The molecule has 4 saturated carbocycles. The molecule has 0 aromatic rings. The molecule has 0 aromatic carbocycles. The minimum atomic E-state index is -0.254. The smallest absolute Gasteiger partial charge is 0.0780 e. The van der Waals surface area contributed by atoms with E-state index in [1.165, 1.54) is 63.4 Å². The van der Waals surface area contributed by atoms with Crippen molar-refractivity contribution in [3.8, 4) is 0 Å². The summed E-state index contributed by atoms with van der Waals surface area (Å²) in [5, 5.41) is 11.2. The first-order valence-electron chi connectivity index (χ1n) is 13.7. The Labute approximate surface area is 192 Å². The van der Waals surface area contributed by atoms with E-state index in [2.05, 4.69) is 61.5 Å². The predicted octanol–water partition coefficient (Wildman–Crippen LogP) is 8.02. The molecule has 176 valence electrons. The fraction of sp³-hybridized carbons (Fsp3) is 0.933. The lowest BCUT2D eigenvalue weighted by Crippen LogP contribution is -2.67. The van der Waals surface area contributed by atoms with Crippen molar-refractivity contribution in [2.45, 2.75) is 119 Å². The zero-order chi connectivity index (χ0) is 22.6. The van der Waals surface area contributed by atoms with Crippen molar-refractivity contribution in [1.82, 2.24) is 0 Å². The van der Waals surface area contributed by atoms with Crippen LogP contribution in [0.25, 0.3) is 0 Å². The van der Waals surface area contributed by atoms with E-state index in [1.54, 1.807) is 0 Å². The van der Waals surface area contributed by atoms with Gasteiger partial charge in [-0.1, -0.05) is 66.5 Å². The lowest BCUT2D eigenvalue weighted by atomic mass is 9.31. The number of aliphatic hydroxyl groups excluding tert-OH is 1. The van der Waals surface area contributed by atoms with Crippen molar-refractivity contribution in [3.05, 3.63) is 11.6 Å². The van der Waals surface area contributed by atoms with Crippen LogP contribution in [0.5, 0.6) is 0 Å². The van der Waals surface area contributed by atoms with Crippen LogP contribution >= 0.6 is 0 Å². The first-order valence-corrected chi connectivity index (χ1v) is 13.7. The molecule has 0 aliphatic heterocycles. The summed E-state index contributed by atoms with van der Waals surface area (Å²) < 4.78 is 0. The Morgan fingerprint density at radius 2 is 1.48 bits per heavy atom. The molecule has 1 N–H and O–H groups in total. The SMILES string of the molecule is CC1=C[C@H](O)[C@]2(C)CC[C@]3(C)[C@H](CC[C@@H]4[C@@]5(C)CCCC(C)(C)[C@@H]5CC[C@]43C)[C@H]2[C@@H]1C. The number of aliphatic hydroxyl groups is 1. The summed E-state index contributed by atoms with van der Waals surface area (Å²) in [5.41, 5.74) is 3.42. The summed E-state index contributed by atoms with van der Waals surface area (Å²) in [6.45, 7) is 20.5. The second-order valence-corrected chi connectivity index (χ2v) is 14.7. The highest BCUT2D eigenvalue weighted by atomic mass is 16.3. The highest BCUT2D eigenvalue weighted by molar-refractivity contribution is 5.24. The molecule has 31 heavy (non-hydrogen) atoms. The van der Waals surface area contributed by atoms with Crippen molar-refractivity contribution in [3.63, 3.8) is 0 Å². The zero-order valence-corrected chi connectivity index (χ0v) is 21.9. The molecule has 5 aliphatic carbocycles. The Morgan fingerprint density at radius 3 is 2.19 bits per heavy atom. The van der Waals surface area contributed by atoms with Crippen molar-refractivity contribution >= 4 is 0 Å². The van der Waals surface area contributed by atoms with Crippen LogP contribution < -0.4 is 0 Å². The van der Waals surface area contributed by atoms with Gasteiger partial charge in [-0.2, -0.15) is 0 Å². The molecule has 1 nitrogen and oxygen atoms in total. The Kier molecular flexibility index (Phi) is 4.82. The fourth-order valence-corrected chi connectivity index (χ4v) is 11.4. The van der Waals surface area contributed by atoms with Gasteiger partial charge in [0, 0.05) is 5.41 Å². The number of fused-ring (bicyclic) bond motifs is 7. The molecule has 1 heteroatoms. The molecular weight excluding hydrogens is 376 g/mol. The van der Waals surface area contributed by atoms with E-state index in [4.69, 9.17) is 0 Å². The third kappa shape index (κ3) is 2.65. The maximum Gasteiger partial charge on any atom is 0.0780 e. The minimum Gasteiger partial charge on any atom is -0.388 e. The monoisotopic (exact) mass is 426 g/mol. The molecule has 10 atom stereocenters. The standard InChI is InChI=1S/C30H50O/c1-19-18-24(31)28(6)16-17-29(7)21(25(28)20(19)2)10-11-23-27(5)14-9-13-26(3,4)22(27)12-15-30(23,29)8/h18,20-25,31H,9-17H2,1-8H3/t20-,21-,22+,23-,24+,25-,27+,28+,29-,30-/m1/s1. The van der Waals surface area contributed by atoms with Crippen LogP contribution in [0.15, 0.2) is 11.6 Å². The first kappa shape index (κ1) is 22.5. The first-order chi connectivity index (χ1) is 14.3. The quantitative estimate of drug-likeness (QED) is 0.389. The number of rotatable bonds is 0. The maximum absolute atomic E-state index is 11.2. The summed E-state index contributed by atoms with van der Waals surface area (Å²) in [4.78, 5) is 0. The molecule has 0 saturated heterocycles. The number of hydrogen-bond acceptors (Lipinski definition) is 1. The van der Waals surface area contributed by atoms with Crippen LogP contribution in [0.1, 0.15) is 113 Å². The normalized spacial score (nSPS) is 58.3. The molecular formula is C30H50O. The van der Waals surface area contributed by atoms with Crippen LogP contribution in [-0.4, -0.2) is 11.2 Å². The van der Waals surface area contributed by atoms with E-state index in [-0.39, 0.29) is 11.5 Å². The van der Waals surface area contributed by atoms with E-state index in [9.17, 15) is 5.11 Å². The topological polar surface area (TPSA) is 20.2 Å². The lowest BCUT2D eigenvalue weighted by Gasteiger charge is -2.73. The largest absolute Gasteiger partial charge is 0.388 e. The zero-order valence-electron chi connectivity index (χ0n) is 21.9. The third-order valence-corrected chi connectivity index (χ3v) is 13.4. The molecule has 0 radical (unpaired) electrons. The van der Waals surface area contributed by atoms with Crippen LogP contribution in [0.2, 0.25) is 0 Å². The van der Waals surface area contributed by atoms with Crippen LogP contribution in [-0.2, 0) is 0 Å². The van der Waals surface area contributed by atoms with Gasteiger partial charge in [-0.05, 0) is 110 Å². The second kappa shape index (κ2) is 6.64. The van der Waals surface area contributed by atoms with Gasteiger partial charge in [-0.15, -0.1) is 0 Å². The minimum absolute atomic E-state index is 0.0697. The molecule has 5 aliphatic rings. The van der Waals surface area contributed by atoms with Gasteiger partial charge in [0.2, 0.25) is 0 Å².